The van der Waals surface area contributed by atoms with Crippen LogP contribution in [0.3, 0.4) is 0 Å². The molecule has 5 aromatic rings. The second kappa shape index (κ2) is 16.8. The number of nitrogens with one attached hydrogen (secondary N) is 2. The van der Waals surface area contributed by atoms with Gasteiger partial charge in [-0.2, -0.15) is 0 Å². The fourth-order valence-corrected chi connectivity index (χ4v) is 6.39. The summed E-state index contributed by atoms with van der Waals surface area (Å²) in [5.74, 6) is 1.45. The van der Waals surface area contributed by atoms with E-state index < -0.39 is 6.29 Å². The summed E-state index contributed by atoms with van der Waals surface area (Å²) in [4.78, 5) is 15.1. The average molecular weight is 686 g/mol. The van der Waals surface area contributed by atoms with Gasteiger partial charge in [0.2, 0.25) is 0 Å². The van der Waals surface area contributed by atoms with Gasteiger partial charge in [0.1, 0.15) is 11.5 Å². The summed E-state index contributed by atoms with van der Waals surface area (Å²) >= 11 is 0. The third-order valence-corrected chi connectivity index (χ3v) is 9.17. The second-order valence-electron chi connectivity index (χ2n) is 12.8. The van der Waals surface area contributed by atoms with Crippen LogP contribution in [0.25, 0.3) is 11.1 Å². The van der Waals surface area contributed by atoms with Gasteiger partial charge in [0, 0.05) is 43.9 Å². The van der Waals surface area contributed by atoms with Gasteiger partial charge < -0.3 is 34.7 Å². The zero-order chi connectivity index (χ0) is 34.8. The molecule has 2 saturated heterocycles. The van der Waals surface area contributed by atoms with Crippen molar-refractivity contribution in [3.8, 4) is 22.6 Å². The fourth-order valence-electron chi connectivity index (χ4n) is 6.39. The fraction of sp³-hybridized carbons (Fsp3) is 0.262. The van der Waals surface area contributed by atoms with E-state index in [1.807, 2.05) is 91.0 Å². The predicted octanol–water partition coefficient (Wildman–Crippen LogP) is 7.84. The molecule has 3 N–H and O–H groups in total. The number of morpholine rings is 1. The standard InChI is InChI=1S/C42H43N3O6/c46-29-30-9-11-33(12-10-30)40-26-39(28-45-21-23-48-24-22-45)50-41(51-40)34-15-13-32(14-16-34)35-6-4-5-31(25-35)27-43-42(47)44-36-17-19-38(20-18-36)49-37-7-2-1-3-8-37/h1-20,25,39-41,46H,21-24,26-29H2,(H2,43,44,47)/t39-,40+,41+/m0/s1. The molecule has 2 aliphatic heterocycles. The lowest BCUT2D eigenvalue weighted by Gasteiger charge is -2.39. The number of anilines is 1. The maximum absolute atomic E-state index is 12.7. The highest BCUT2D eigenvalue weighted by Crippen LogP contribution is 2.39. The number of aliphatic hydroxyl groups is 1. The number of amides is 2. The van der Waals surface area contributed by atoms with Crippen LogP contribution in [0.15, 0.2) is 127 Å². The van der Waals surface area contributed by atoms with Crippen molar-refractivity contribution in [2.75, 3.05) is 38.2 Å². The van der Waals surface area contributed by atoms with Gasteiger partial charge in [-0.05, 0) is 70.3 Å². The van der Waals surface area contributed by atoms with Crippen LogP contribution in [-0.2, 0) is 27.4 Å². The van der Waals surface area contributed by atoms with E-state index in [0.29, 0.717) is 18.0 Å². The van der Waals surface area contributed by atoms with Gasteiger partial charge >= 0.3 is 6.03 Å². The minimum atomic E-state index is -0.511. The van der Waals surface area contributed by atoms with Crippen molar-refractivity contribution in [2.24, 2.45) is 0 Å². The van der Waals surface area contributed by atoms with E-state index in [-0.39, 0.29) is 24.8 Å². The Morgan fingerprint density at radius 3 is 2.22 bits per heavy atom. The van der Waals surface area contributed by atoms with Gasteiger partial charge in [-0.25, -0.2) is 4.79 Å². The van der Waals surface area contributed by atoms with Crippen molar-refractivity contribution in [3.63, 3.8) is 0 Å². The van der Waals surface area contributed by atoms with E-state index in [1.165, 1.54) is 0 Å². The van der Waals surface area contributed by atoms with E-state index >= 15 is 0 Å². The zero-order valence-corrected chi connectivity index (χ0v) is 28.4. The molecule has 2 heterocycles. The highest BCUT2D eigenvalue weighted by atomic mass is 16.7. The Kier molecular flexibility index (Phi) is 11.3. The number of para-hydroxylation sites is 1. The van der Waals surface area contributed by atoms with Gasteiger partial charge in [-0.1, -0.05) is 84.9 Å². The second-order valence-corrected chi connectivity index (χ2v) is 12.8. The highest BCUT2D eigenvalue weighted by molar-refractivity contribution is 5.89. The van der Waals surface area contributed by atoms with E-state index in [4.69, 9.17) is 18.9 Å². The Labute approximate surface area is 298 Å². The molecule has 2 fully saturated rings. The first-order chi connectivity index (χ1) is 25.1. The van der Waals surface area contributed by atoms with Gasteiger partial charge in [0.05, 0.1) is 32.0 Å². The lowest BCUT2D eigenvalue weighted by atomic mass is 9.99. The molecule has 2 amide bonds. The quantitative estimate of drug-likeness (QED) is 0.130. The predicted molar refractivity (Wildman–Crippen MR) is 196 cm³/mol. The van der Waals surface area contributed by atoms with Crippen LogP contribution in [0.2, 0.25) is 0 Å². The summed E-state index contributed by atoms with van der Waals surface area (Å²) in [7, 11) is 0. The number of rotatable bonds is 11. The van der Waals surface area contributed by atoms with Crippen molar-refractivity contribution in [1.29, 1.82) is 0 Å². The molecule has 0 bridgehead atoms. The Hall–Kier alpha value is -5.03. The Bertz CT molecular complexity index is 1850. The molecule has 51 heavy (non-hydrogen) atoms. The maximum atomic E-state index is 12.7. The summed E-state index contributed by atoms with van der Waals surface area (Å²) in [6, 6.07) is 41.0. The monoisotopic (exact) mass is 685 g/mol. The van der Waals surface area contributed by atoms with Crippen LogP contribution in [0.5, 0.6) is 11.5 Å². The number of nitrogens with zero attached hydrogens (tertiary/aromatic N) is 1. The van der Waals surface area contributed by atoms with Gasteiger partial charge in [0.15, 0.2) is 6.29 Å². The molecular formula is C42H43N3O6. The van der Waals surface area contributed by atoms with Gasteiger partial charge in [-0.15, -0.1) is 0 Å². The summed E-state index contributed by atoms with van der Waals surface area (Å²) in [5.41, 5.74) is 6.67. The molecule has 0 aromatic heterocycles. The smallest absolute Gasteiger partial charge is 0.319 e. The number of hydrogen-bond acceptors (Lipinski definition) is 7. The van der Waals surface area contributed by atoms with E-state index in [1.54, 1.807) is 0 Å². The van der Waals surface area contributed by atoms with Crippen LogP contribution in [-0.4, -0.2) is 55.0 Å². The number of aliphatic hydroxyl groups excluding tert-OH is 1. The summed E-state index contributed by atoms with van der Waals surface area (Å²) in [5, 5.41) is 15.4. The van der Waals surface area contributed by atoms with E-state index in [2.05, 4.69) is 51.9 Å². The molecule has 0 unspecified atom stereocenters. The normalized spacial score (nSPS) is 19.3. The Morgan fingerprint density at radius 1 is 0.745 bits per heavy atom. The number of hydrogen-bond donors (Lipinski definition) is 3. The first-order valence-electron chi connectivity index (χ1n) is 17.5. The molecule has 262 valence electrons. The Balaban J connectivity index is 0.965. The molecule has 7 rings (SSSR count). The number of carbonyl (C=O) groups excluding carboxylic acids is 1. The molecule has 2 aliphatic rings. The van der Waals surface area contributed by atoms with Crippen LogP contribution in [0.4, 0.5) is 10.5 Å². The molecule has 5 aromatic carbocycles. The Morgan fingerprint density at radius 2 is 1.47 bits per heavy atom. The summed E-state index contributed by atoms with van der Waals surface area (Å²) < 4.78 is 24.5. The largest absolute Gasteiger partial charge is 0.457 e. The topological polar surface area (TPSA) is 102 Å². The maximum Gasteiger partial charge on any atom is 0.319 e. The minimum absolute atomic E-state index is 0.00144. The molecule has 0 spiro atoms. The van der Waals surface area contributed by atoms with Crippen molar-refractivity contribution in [3.05, 3.63) is 150 Å². The van der Waals surface area contributed by atoms with Crippen molar-refractivity contribution in [1.82, 2.24) is 10.2 Å². The van der Waals surface area contributed by atoms with Crippen molar-refractivity contribution >= 4 is 11.7 Å². The molecule has 0 aliphatic carbocycles. The summed E-state index contributed by atoms with van der Waals surface area (Å²) in [6.07, 6.45) is 0.109. The number of urea groups is 1. The number of ether oxygens (including phenoxy) is 4. The highest BCUT2D eigenvalue weighted by Gasteiger charge is 2.33. The van der Waals surface area contributed by atoms with E-state index in [9.17, 15) is 9.90 Å². The molecule has 9 heteroatoms. The SMILES string of the molecule is O=C(NCc1cccc(-c2ccc([C@@H]3O[C@H](CN4CCOCC4)C[C@H](c4ccc(CO)cc4)O3)cc2)c1)Nc1ccc(Oc2ccccc2)cc1. The lowest BCUT2D eigenvalue weighted by molar-refractivity contribution is -0.253. The minimum Gasteiger partial charge on any atom is -0.457 e. The van der Waals surface area contributed by atoms with Gasteiger partial charge in [-0.3, -0.25) is 4.90 Å². The van der Waals surface area contributed by atoms with Crippen LogP contribution < -0.4 is 15.4 Å². The molecule has 0 saturated carbocycles. The lowest BCUT2D eigenvalue weighted by Crippen LogP contribution is -2.44. The van der Waals surface area contributed by atoms with Gasteiger partial charge in [0.25, 0.3) is 0 Å². The number of carbonyl (C=O) groups is 1. The third-order valence-electron chi connectivity index (χ3n) is 9.17. The average Bonchev–Trinajstić information content (AvgIpc) is 3.19. The molecule has 0 radical (unpaired) electrons. The van der Waals surface area contributed by atoms with Crippen molar-refractivity contribution in [2.45, 2.75) is 38.1 Å². The molecular weight excluding hydrogens is 642 g/mol. The van der Waals surface area contributed by atoms with Crippen LogP contribution in [0.1, 0.15) is 41.1 Å². The van der Waals surface area contributed by atoms with Crippen LogP contribution in [0, 0.1) is 0 Å². The molecule has 3 atom stereocenters. The molecule has 9 nitrogen and oxygen atoms in total. The van der Waals surface area contributed by atoms with E-state index in [0.717, 1.165) is 78.4 Å². The summed E-state index contributed by atoms with van der Waals surface area (Å²) in [6.45, 7) is 4.49. The first-order valence-corrected chi connectivity index (χ1v) is 17.5. The zero-order valence-electron chi connectivity index (χ0n) is 28.4. The number of benzene rings is 5. The first kappa shape index (κ1) is 34.4. The third kappa shape index (κ3) is 9.40. The van der Waals surface area contributed by atoms with Crippen molar-refractivity contribution < 1.29 is 28.8 Å². The van der Waals surface area contributed by atoms with Crippen LogP contribution >= 0.6 is 0 Å².